The summed E-state index contributed by atoms with van der Waals surface area (Å²) in [7, 11) is -0.0314. The zero-order valence-corrected chi connectivity index (χ0v) is 15.5. The van der Waals surface area contributed by atoms with Crippen molar-refractivity contribution in [1.82, 2.24) is 14.4 Å². The minimum atomic E-state index is -4.64. The number of hydrogen-bond acceptors (Lipinski definition) is 6. The number of hydrogen-bond donors (Lipinski definition) is 0. The van der Waals surface area contributed by atoms with Gasteiger partial charge in [0.1, 0.15) is 9.90 Å². The predicted molar refractivity (Wildman–Crippen MR) is 87.8 cm³/mol. The van der Waals surface area contributed by atoms with E-state index in [1.807, 2.05) is 19.0 Å². The molecule has 2 heterocycles. The summed E-state index contributed by atoms with van der Waals surface area (Å²) in [5.74, 6) is -1.22. The molecule has 0 spiro atoms. The van der Waals surface area contributed by atoms with Crippen molar-refractivity contribution in [2.45, 2.75) is 17.3 Å². The molecule has 0 saturated heterocycles. The van der Waals surface area contributed by atoms with Crippen LogP contribution in [-0.2, 0) is 16.2 Å². The van der Waals surface area contributed by atoms with E-state index in [9.17, 15) is 21.6 Å². The molecule has 0 saturated carbocycles. The van der Waals surface area contributed by atoms with E-state index in [-0.39, 0.29) is 9.90 Å². The van der Waals surface area contributed by atoms with Crippen LogP contribution in [0.5, 0.6) is 0 Å². The van der Waals surface area contributed by atoms with Crippen LogP contribution in [0.1, 0.15) is 12.7 Å². The number of sulfonamides is 1. The van der Waals surface area contributed by atoms with Gasteiger partial charge in [-0.15, -0.1) is 11.3 Å². The second-order valence-corrected chi connectivity index (χ2v) is 8.74. The van der Waals surface area contributed by atoms with Crippen molar-refractivity contribution in [3.05, 3.63) is 24.0 Å². The molecule has 140 valence electrons. The first-order chi connectivity index (χ1) is 11.6. The lowest BCUT2D eigenvalue weighted by atomic mass is 10.3. The summed E-state index contributed by atoms with van der Waals surface area (Å²) in [4.78, 5) is 2.16. The number of aromatic nitrogens is 1. The van der Waals surface area contributed by atoms with E-state index in [0.29, 0.717) is 24.5 Å². The highest BCUT2D eigenvalue weighted by Crippen LogP contribution is 2.35. The van der Waals surface area contributed by atoms with Crippen molar-refractivity contribution in [2.75, 3.05) is 33.7 Å². The zero-order chi connectivity index (χ0) is 18.8. The number of alkyl halides is 3. The van der Waals surface area contributed by atoms with E-state index >= 15 is 0 Å². The maximum atomic E-state index is 12.7. The van der Waals surface area contributed by atoms with Gasteiger partial charge in [0.05, 0.1) is 4.88 Å². The van der Waals surface area contributed by atoms with Gasteiger partial charge in [0, 0.05) is 25.7 Å². The van der Waals surface area contributed by atoms with Gasteiger partial charge in [0.25, 0.3) is 10.0 Å². The van der Waals surface area contributed by atoms with Crippen molar-refractivity contribution in [1.29, 1.82) is 0 Å². The van der Waals surface area contributed by atoms with Crippen molar-refractivity contribution >= 4 is 21.4 Å². The third-order valence-corrected chi connectivity index (χ3v) is 6.92. The van der Waals surface area contributed by atoms with E-state index in [2.05, 4.69) is 9.68 Å². The third kappa shape index (κ3) is 4.60. The monoisotopic (exact) mass is 397 g/mol. The van der Waals surface area contributed by atoms with Crippen LogP contribution in [0.3, 0.4) is 0 Å². The Bertz CT molecular complexity index is 813. The lowest BCUT2D eigenvalue weighted by molar-refractivity contribution is -0.155. The van der Waals surface area contributed by atoms with Gasteiger partial charge in [-0.2, -0.15) is 17.5 Å². The lowest BCUT2D eigenvalue weighted by Crippen LogP contribution is -2.36. The number of thiophene rings is 1. The van der Waals surface area contributed by atoms with Gasteiger partial charge in [-0.1, -0.05) is 12.1 Å². The van der Waals surface area contributed by atoms with E-state index in [1.54, 1.807) is 6.92 Å². The Balaban J connectivity index is 2.26. The first-order valence-electron chi connectivity index (χ1n) is 7.34. The standard InChI is InChI=1S/C14H18F3N3O3S2/c1-4-20(8-7-19(2)3)25(21,22)13-6-5-11(24-13)10-9-12(23-18-10)14(15,16)17/h5-6,9H,4,7-8H2,1-3H3. The molecule has 0 aliphatic carbocycles. The van der Waals surface area contributed by atoms with E-state index < -0.39 is 22.0 Å². The highest BCUT2D eigenvalue weighted by Gasteiger charge is 2.36. The molecule has 25 heavy (non-hydrogen) atoms. The maximum Gasteiger partial charge on any atom is 0.452 e. The molecule has 11 heteroatoms. The number of nitrogens with zero attached hydrogens (tertiary/aromatic N) is 3. The Morgan fingerprint density at radius 3 is 2.44 bits per heavy atom. The summed E-state index contributed by atoms with van der Waals surface area (Å²) in [6.45, 7) is 2.91. The Kier molecular flexibility index (Phi) is 5.92. The van der Waals surface area contributed by atoms with Crippen molar-refractivity contribution in [2.24, 2.45) is 0 Å². The zero-order valence-electron chi connectivity index (χ0n) is 13.9. The average Bonchev–Trinajstić information content (AvgIpc) is 3.16. The van der Waals surface area contributed by atoms with Crippen LogP contribution >= 0.6 is 11.3 Å². The van der Waals surface area contributed by atoms with E-state index in [0.717, 1.165) is 17.4 Å². The largest absolute Gasteiger partial charge is 0.452 e. The summed E-state index contributed by atoms with van der Waals surface area (Å²) in [5.41, 5.74) is -0.0462. The van der Waals surface area contributed by atoms with Crippen LogP contribution in [0.2, 0.25) is 0 Å². The fraction of sp³-hybridized carbons (Fsp3) is 0.500. The smallest absolute Gasteiger partial charge is 0.351 e. The minimum Gasteiger partial charge on any atom is -0.351 e. The predicted octanol–water partition coefficient (Wildman–Crippen LogP) is 2.99. The summed E-state index contributed by atoms with van der Waals surface area (Å²) in [6, 6.07) is 3.55. The van der Waals surface area contributed by atoms with Gasteiger partial charge in [-0.25, -0.2) is 8.42 Å². The average molecular weight is 397 g/mol. The molecular formula is C14H18F3N3O3S2. The number of rotatable bonds is 7. The maximum absolute atomic E-state index is 12.7. The van der Waals surface area contributed by atoms with E-state index in [1.165, 1.54) is 16.4 Å². The van der Waals surface area contributed by atoms with Crippen molar-refractivity contribution in [3.63, 3.8) is 0 Å². The fourth-order valence-electron chi connectivity index (χ4n) is 2.01. The van der Waals surface area contributed by atoms with Crippen LogP contribution in [-0.4, -0.2) is 56.5 Å². The molecule has 0 unspecified atom stereocenters. The highest BCUT2D eigenvalue weighted by atomic mass is 32.2. The van der Waals surface area contributed by atoms with Gasteiger partial charge in [-0.3, -0.25) is 0 Å². The SMILES string of the molecule is CCN(CCN(C)C)S(=O)(=O)c1ccc(-c2cc(C(F)(F)F)on2)s1. The molecule has 0 amide bonds. The fourth-order valence-corrected chi connectivity index (χ4v) is 4.86. The van der Waals surface area contributed by atoms with Gasteiger partial charge >= 0.3 is 6.18 Å². The molecule has 0 fully saturated rings. The first-order valence-corrected chi connectivity index (χ1v) is 9.60. The highest BCUT2D eigenvalue weighted by molar-refractivity contribution is 7.91. The molecule has 2 aromatic heterocycles. The van der Waals surface area contributed by atoms with Gasteiger partial charge in [0.2, 0.25) is 5.76 Å². The molecule has 0 N–H and O–H groups in total. The quantitative estimate of drug-likeness (QED) is 0.719. The molecule has 0 bridgehead atoms. The number of likely N-dealkylation sites (N-methyl/N-ethyl adjacent to an activating group) is 2. The second-order valence-electron chi connectivity index (χ2n) is 5.49. The molecule has 0 aromatic carbocycles. The van der Waals surface area contributed by atoms with Crippen molar-refractivity contribution in [3.8, 4) is 10.6 Å². The van der Waals surface area contributed by atoms with E-state index in [4.69, 9.17) is 0 Å². The molecule has 0 atom stereocenters. The van der Waals surface area contributed by atoms with Gasteiger partial charge in [-0.05, 0) is 26.2 Å². The summed E-state index contributed by atoms with van der Waals surface area (Å²) in [6.07, 6.45) is -4.64. The van der Waals surface area contributed by atoms with Gasteiger partial charge in [0.15, 0.2) is 0 Å². The molecule has 0 aliphatic rings. The number of halogens is 3. The Labute approximate surface area is 147 Å². The molecule has 0 radical (unpaired) electrons. The Morgan fingerprint density at radius 2 is 1.92 bits per heavy atom. The Hall–Kier alpha value is -1.43. The summed E-state index contributed by atoms with van der Waals surface area (Å²) < 4.78 is 68.7. The molecule has 2 rings (SSSR count). The van der Waals surface area contributed by atoms with Crippen LogP contribution in [0.15, 0.2) is 26.9 Å². The Morgan fingerprint density at radius 1 is 1.24 bits per heavy atom. The van der Waals surface area contributed by atoms with Crippen LogP contribution in [0.25, 0.3) is 10.6 Å². The molecule has 6 nitrogen and oxygen atoms in total. The van der Waals surface area contributed by atoms with Gasteiger partial charge < -0.3 is 9.42 Å². The van der Waals surface area contributed by atoms with Crippen LogP contribution < -0.4 is 0 Å². The molecule has 0 aliphatic heterocycles. The minimum absolute atomic E-state index is 0.0462. The van der Waals surface area contributed by atoms with Crippen LogP contribution in [0.4, 0.5) is 13.2 Å². The van der Waals surface area contributed by atoms with Crippen molar-refractivity contribution < 1.29 is 26.1 Å². The topological polar surface area (TPSA) is 66.7 Å². The molecule has 2 aromatic rings. The molecular weight excluding hydrogens is 379 g/mol. The van der Waals surface area contributed by atoms with Crippen LogP contribution in [0, 0.1) is 0 Å². The lowest BCUT2D eigenvalue weighted by Gasteiger charge is -2.21. The summed E-state index contributed by atoms with van der Waals surface area (Å²) in [5, 5.41) is 3.37. The third-order valence-electron chi connectivity index (χ3n) is 3.37. The first kappa shape index (κ1) is 19.9. The normalized spacial score (nSPS) is 13.1. The summed E-state index contributed by atoms with van der Waals surface area (Å²) >= 11 is 0.862. The second kappa shape index (κ2) is 7.44.